The van der Waals surface area contributed by atoms with Gasteiger partial charge in [0.25, 0.3) is 0 Å². The van der Waals surface area contributed by atoms with E-state index in [1.807, 2.05) is 19.1 Å². The summed E-state index contributed by atoms with van der Waals surface area (Å²) in [5.41, 5.74) is 7.62. The highest BCUT2D eigenvalue weighted by Crippen LogP contribution is 2.24. The van der Waals surface area contributed by atoms with Crippen molar-refractivity contribution < 1.29 is 4.74 Å². The van der Waals surface area contributed by atoms with Crippen LogP contribution in [0.3, 0.4) is 0 Å². The maximum Gasteiger partial charge on any atom is 0.213 e. The van der Waals surface area contributed by atoms with Crippen LogP contribution in [0.2, 0.25) is 0 Å². The molecule has 76 valence electrons. The Bertz CT molecular complexity index is 321. The van der Waals surface area contributed by atoms with Gasteiger partial charge < -0.3 is 10.5 Å². The molecule has 0 amide bonds. The molecule has 3 heteroatoms. The highest BCUT2D eigenvalue weighted by Gasteiger charge is 2.19. The Morgan fingerprint density at radius 3 is 2.79 bits per heavy atom. The SMILES string of the molecule is Cc1nc(OC2CCC2)ccc1CN. The molecule has 0 bridgehead atoms. The second-order valence-corrected chi connectivity index (χ2v) is 3.77. The van der Waals surface area contributed by atoms with Crippen molar-refractivity contribution in [2.24, 2.45) is 5.73 Å². The van der Waals surface area contributed by atoms with E-state index >= 15 is 0 Å². The molecule has 1 heterocycles. The van der Waals surface area contributed by atoms with Crippen LogP contribution in [0.25, 0.3) is 0 Å². The van der Waals surface area contributed by atoms with Crippen LogP contribution in [-0.4, -0.2) is 11.1 Å². The van der Waals surface area contributed by atoms with E-state index in [2.05, 4.69) is 4.98 Å². The number of rotatable bonds is 3. The first-order chi connectivity index (χ1) is 6.79. The molecule has 0 aliphatic heterocycles. The number of nitrogens with zero attached hydrogens (tertiary/aromatic N) is 1. The van der Waals surface area contributed by atoms with Crippen molar-refractivity contribution >= 4 is 0 Å². The number of aromatic nitrogens is 1. The van der Waals surface area contributed by atoms with Gasteiger partial charge in [-0.1, -0.05) is 6.07 Å². The van der Waals surface area contributed by atoms with E-state index < -0.39 is 0 Å². The highest BCUT2D eigenvalue weighted by atomic mass is 16.5. The van der Waals surface area contributed by atoms with E-state index in [9.17, 15) is 0 Å². The molecule has 2 N–H and O–H groups in total. The van der Waals surface area contributed by atoms with Gasteiger partial charge in [-0.3, -0.25) is 0 Å². The Morgan fingerprint density at radius 2 is 2.29 bits per heavy atom. The fraction of sp³-hybridized carbons (Fsp3) is 0.545. The summed E-state index contributed by atoms with van der Waals surface area (Å²) in [6.45, 7) is 2.51. The molecule has 1 saturated carbocycles. The monoisotopic (exact) mass is 192 g/mol. The maximum atomic E-state index is 5.68. The Morgan fingerprint density at radius 1 is 1.50 bits per heavy atom. The van der Waals surface area contributed by atoms with Crippen molar-refractivity contribution in [1.82, 2.24) is 4.98 Å². The lowest BCUT2D eigenvalue weighted by molar-refractivity contribution is 0.114. The van der Waals surface area contributed by atoms with Gasteiger partial charge >= 0.3 is 0 Å². The first-order valence-electron chi connectivity index (χ1n) is 5.13. The Labute approximate surface area is 84.3 Å². The Hall–Kier alpha value is -1.09. The highest BCUT2D eigenvalue weighted by molar-refractivity contribution is 5.24. The Balaban J connectivity index is 2.07. The van der Waals surface area contributed by atoms with Crippen LogP contribution in [-0.2, 0) is 6.54 Å². The van der Waals surface area contributed by atoms with Crippen molar-refractivity contribution in [2.75, 3.05) is 0 Å². The van der Waals surface area contributed by atoms with Crippen LogP contribution in [0.1, 0.15) is 30.5 Å². The van der Waals surface area contributed by atoms with Gasteiger partial charge in [-0.2, -0.15) is 0 Å². The smallest absolute Gasteiger partial charge is 0.213 e. The third kappa shape index (κ3) is 1.87. The van der Waals surface area contributed by atoms with Crippen LogP contribution in [0, 0.1) is 6.92 Å². The second-order valence-electron chi connectivity index (χ2n) is 3.77. The summed E-state index contributed by atoms with van der Waals surface area (Å²) in [5.74, 6) is 0.740. The van der Waals surface area contributed by atoms with Crippen LogP contribution in [0.4, 0.5) is 0 Å². The summed E-state index contributed by atoms with van der Waals surface area (Å²) in [5, 5.41) is 0. The predicted molar refractivity (Wildman–Crippen MR) is 55.1 cm³/mol. The van der Waals surface area contributed by atoms with Crippen molar-refractivity contribution in [1.29, 1.82) is 0 Å². The van der Waals surface area contributed by atoms with E-state index in [0.717, 1.165) is 17.1 Å². The molecule has 3 nitrogen and oxygen atoms in total. The van der Waals surface area contributed by atoms with E-state index in [4.69, 9.17) is 10.5 Å². The largest absolute Gasteiger partial charge is 0.474 e. The molecule has 2 rings (SSSR count). The molecule has 0 aromatic carbocycles. The minimum Gasteiger partial charge on any atom is -0.474 e. The molecule has 14 heavy (non-hydrogen) atoms. The van der Waals surface area contributed by atoms with Gasteiger partial charge in [0.2, 0.25) is 5.88 Å². The van der Waals surface area contributed by atoms with Crippen LogP contribution < -0.4 is 10.5 Å². The first-order valence-corrected chi connectivity index (χ1v) is 5.13. The van der Waals surface area contributed by atoms with Gasteiger partial charge in [0.1, 0.15) is 6.10 Å². The molecular weight excluding hydrogens is 176 g/mol. The minimum absolute atomic E-state index is 0.394. The fourth-order valence-electron chi connectivity index (χ4n) is 1.51. The molecular formula is C11H16N2O. The number of ether oxygens (including phenoxy) is 1. The van der Waals surface area contributed by atoms with Crippen molar-refractivity contribution in [3.63, 3.8) is 0 Å². The third-order valence-corrected chi connectivity index (χ3v) is 2.73. The summed E-state index contributed by atoms with van der Waals surface area (Å²) < 4.78 is 5.68. The number of nitrogens with two attached hydrogens (primary N) is 1. The summed E-state index contributed by atoms with van der Waals surface area (Å²) in [6, 6.07) is 3.91. The number of hydrogen-bond acceptors (Lipinski definition) is 3. The van der Waals surface area contributed by atoms with Crippen molar-refractivity contribution in [3.8, 4) is 5.88 Å². The molecule has 1 aromatic rings. The Kier molecular flexibility index (Phi) is 2.68. The van der Waals surface area contributed by atoms with Gasteiger partial charge in [-0.15, -0.1) is 0 Å². The van der Waals surface area contributed by atoms with E-state index in [0.29, 0.717) is 12.6 Å². The average molecular weight is 192 g/mol. The van der Waals surface area contributed by atoms with Crippen molar-refractivity contribution in [2.45, 2.75) is 38.8 Å². The molecule has 1 aliphatic rings. The molecule has 0 saturated heterocycles. The first kappa shape index (κ1) is 9.46. The molecule has 1 fully saturated rings. The van der Waals surface area contributed by atoms with Gasteiger partial charge in [0.05, 0.1) is 0 Å². The van der Waals surface area contributed by atoms with E-state index in [1.165, 1.54) is 19.3 Å². The molecule has 0 radical (unpaired) electrons. The molecule has 1 aromatic heterocycles. The number of pyridine rings is 1. The maximum absolute atomic E-state index is 5.68. The van der Waals surface area contributed by atoms with Gasteiger partial charge in [0.15, 0.2) is 0 Å². The van der Waals surface area contributed by atoms with Crippen LogP contribution >= 0.6 is 0 Å². The normalized spacial score (nSPS) is 16.4. The summed E-state index contributed by atoms with van der Waals surface area (Å²) in [4.78, 5) is 4.36. The lowest BCUT2D eigenvalue weighted by Gasteiger charge is -2.25. The molecule has 1 aliphatic carbocycles. The quantitative estimate of drug-likeness (QED) is 0.794. The van der Waals surface area contributed by atoms with Gasteiger partial charge in [-0.25, -0.2) is 4.98 Å². The van der Waals surface area contributed by atoms with Crippen LogP contribution in [0.5, 0.6) is 5.88 Å². The second kappa shape index (κ2) is 3.96. The van der Waals surface area contributed by atoms with E-state index in [1.54, 1.807) is 0 Å². The topological polar surface area (TPSA) is 48.1 Å². The number of hydrogen-bond donors (Lipinski definition) is 1. The fourth-order valence-corrected chi connectivity index (χ4v) is 1.51. The zero-order valence-electron chi connectivity index (χ0n) is 8.49. The standard InChI is InChI=1S/C11H16N2O/c1-8-9(7-12)5-6-11(13-8)14-10-3-2-4-10/h5-6,10H,2-4,7,12H2,1H3. The van der Waals surface area contributed by atoms with Gasteiger partial charge in [0, 0.05) is 18.3 Å². The third-order valence-electron chi connectivity index (χ3n) is 2.73. The summed E-state index contributed by atoms with van der Waals surface area (Å²) >= 11 is 0. The van der Waals surface area contributed by atoms with E-state index in [-0.39, 0.29) is 0 Å². The predicted octanol–water partition coefficient (Wildman–Crippen LogP) is 1.78. The number of aryl methyl sites for hydroxylation is 1. The summed E-state index contributed by atoms with van der Waals surface area (Å²) in [7, 11) is 0. The zero-order chi connectivity index (χ0) is 9.97. The zero-order valence-corrected chi connectivity index (χ0v) is 8.49. The minimum atomic E-state index is 0.394. The lowest BCUT2D eigenvalue weighted by atomic mass is 9.96. The van der Waals surface area contributed by atoms with Gasteiger partial charge in [-0.05, 0) is 31.7 Å². The lowest BCUT2D eigenvalue weighted by Crippen LogP contribution is -2.25. The van der Waals surface area contributed by atoms with Crippen molar-refractivity contribution in [3.05, 3.63) is 23.4 Å². The van der Waals surface area contributed by atoms with Crippen LogP contribution in [0.15, 0.2) is 12.1 Å². The summed E-state index contributed by atoms with van der Waals surface area (Å²) in [6.07, 6.45) is 4.01. The molecule has 0 unspecified atom stereocenters. The average Bonchev–Trinajstić information content (AvgIpc) is 2.12. The molecule has 0 spiro atoms. The molecule has 0 atom stereocenters.